The molecule has 0 N–H and O–H groups in total. The summed E-state index contributed by atoms with van der Waals surface area (Å²) >= 11 is 0. The van der Waals surface area contributed by atoms with Gasteiger partial charge < -0.3 is 8.97 Å². The average molecular weight is 519 g/mol. The van der Waals surface area contributed by atoms with Crippen molar-refractivity contribution in [2.45, 2.75) is 93.2 Å². The van der Waals surface area contributed by atoms with Gasteiger partial charge in [-0.1, -0.05) is 90.1 Å². The zero-order valence-corrected chi connectivity index (χ0v) is 26.2. The van der Waals surface area contributed by atoms with Crippen LogP contribution in [0.2, 0.25) is 0 Å². The summed E-state index contributed by atoms with van der Waals surface area (Å²) in [4.78, 5) is 0. The van der Waals surface area contributed by atoms with Crippen molar-refractivity contribution in [3.63, 3.8) is 0 Å². The maximum Gasteiger partial charge on any atom is 0.104 e. The smallest absolute Gasteiger partial charge is 0.104 e. The summed E-state index contributed by atoms with van der Waals surface area (Å²) in [7, 11) is 5.00. The molecular weight excluding hydrogens is 460 g/mol. The molecule has 0 aliphatic carbocycles. The molecule has 4 rings (SSSR count). The van der Waals surface area contributed by atoms with Crippen molar-refractivity contribution in [3.8, 4) is 0 Å². The number of benzene rings is 2. The van der Waals surface area contributed by atoms with Gasteiger partial charge >= 0.3 is 0 Å². The number of nitrogens with zero attached hydrogens (tertiary/aromatic N) is 2. The largest absolute Gasteiger partial charge is 0.322 e. The molecule has 0 unspecified atom stereocenters. The number of likely N-dealkylation sites (tertiary alicyclic amines) is 2. The fraction of sp³-hybridized carbons (Fsp3) is 0.667. The van der Waals surface area contributed by atoms with Crippen LogP contribution in [0.3, 0.4) is 0 Å². The second-order valence-corrected chi connectivity index (χ2v) is 16.2. The first kappa shape index (κ1) is 29.3. The Balaban J connectivity index is 1.23. The highest BCUT2D eigenvalue weighted by molar-refractivity contribution is 5.23. The van der Waals surface area contributed by atoms with Crippen LogP contribution in [0, 0.1) is 22.7 Å². The summed E-state index contributed by atoms with van der Waals surface area (Å²) in [5.41, 5.74) is 6.69. The SMILES string of the molecule is CC(C)(C)Cc1ccc(C[N+]2(C)CCC(C3CC[N+](C)(Cc4ccc(CC(C)(C)C)cc4)CC3)CC2)cc1. The summed E-state index contributed by atoms with van der Waals surface area (Å²) in [5, 5.41) is 0. The van der Waals surface area contributed by atoms with Crippen LogP contribution in [-0.4, -0.2) is 49.2 Å². The van der Waals surface area contributed by atoms with Gasteiger partial charge in [-0.3, -0.25) is 0 Å². The molecule has 0 saturated carbocycles. The first-order valence-corrected chi connectivity index (χ1v) is 15.5. The third-order valence-electron chi connectivity index (χ3n) is 9.47. The van der Waals surface area contributed by atoms with E-state index < -0.39 is 0 Å². The third kappa shape index (κ3) is 8.68. The molecule has 2 saturated heterocycles. The summed E-state index contributed by atoms with van der Waals surface area (Å²) in [6, 6.07) is 19.1. The lowest BCUT2D eigenvalue weighted by atomic mass is 9.77. The highest BCUT2D eigenvalue weighted by Gasteiger charge is 2.38. The van der Waals surface area contributed by atoms with Gasteiger partial charge in [-0.15, -0.1) is 0 Å². The molecule has 0 aromatic heterocycles. The Morgan fingerprint density at radius 1 is 0.500 bits per heavy atom. The maximum absolute atomic E-state index is 2.50. The molecule has 0 radical (unpaired) electrons. The highest BCUT2D eigenvalue weighted by Crippen LogP contribution is 2.37. The van der Waals surface area contributed by atoms with Gasteiger partial charge in [0.25, 0.3) is 0 Å². The van der Waals surface area contributed by atoms with E-state index in [-0.39, 0.29) is 0 Å². The number of quaternary nitrogens is 2. The van der Waals surface area contributed by atoms with Crippen LogP contribution in [-0.2, 0) is 25.9 Å². The van der Waals surface area contributed by atoms with Gasteiger partial charge in [0.05, 0.1) is 40.3 Å². The minimum Gasteiger partial charge on any atom is -0.322 e. The molecule has 0 atom stereocenters. The molecule has 2 heteroatoms. The number of hydrogen-bond donors (Lipinski definition) is 0. The molecular formula is C36H58N2+2. The number of piperidine rings is 2. The zero-order valence-electron chi connectivity index (χ0n) is 26.2. The van der Waals surface area contributed by atoms with Crippen molar-refractivity contribution in [1.82, 2.24) is 0 Å². The lowest BCUT2D eigenvalue weighted by Crippen LogP contribution is -2.53. The molecule has 2 nitrogen and oxygen atoms in total. The fourth-order valence-corrected chi connectivity index (χ4v) is 7.31. The molecule has 210 valence electrons. The Bertz CT molecular complexity index is 917. The van der Waals surface area contributed by atoms with Crippen molar-refractivity contribution in [1.29, 1.82) is 0 Å². The standard InChI is InChI=1S/C36H58N2/c1-35(2,3)25-29-9-13-31(14-10-29)27-37(7)21-17-33(18-22-37)34-19-23-38(8,24-20-34)28-32-15-11-30(12-16-32)26-36(4,5)6/h9-16,33-34H,17-28H2,1-8H3/q+2. The van der Waals surface area contributed by atoms with E-state index in [0.29, 0.717) is 10.8 Å². The van der Waals surface area contributed by atoms with E-state index in [2.05, 4.69) is 104 Å². The van der Waals surface area contributed by atoms with Crippen LogP contribution in [0.4, 0.5) is 0 Å². The van der Waals surface area contributed by atoms with Gasteiger partial charge in [-0.05, 0) is 72.3 Å². The topological polar surface area (TPSA) is 0 Å². The predicted molar refractivity (Wildman–Crippen MR) is 164 cm³/mol. The van der Waals surface area contributed by atoms with Crippen LogP contribution < -0.4 is 0 Å². The van der Waals surface area contributed by atoms with Gasteiger partial charge in [-0.2, -0.15) is 0 Å². The lowest BCUT2D eigenvalue weighted by molar-refractivity contribution is -0.931. The van der Waals surface area contributed by atoms with Crippen LogP contribution in [0.5, 0.6) is 0 Å². The maximum atomic E-state index is 2.50. The van der Waals surface area contributed by atoms with Crippen molar-refractivity contribution in [3.05, 3.63) is 70.8 Å². The summed E-state index contributed by atoms with van der Waals surface area (Å²) in [6.45, 7) is 21.7. The first-order valence-electron chi connectivity index (χ1n) is 15.5. The lowest BCUT2D eigenvalue weighted by Gasteiger charge is -2.46. The molecule has 2 aromatic rings. The molecule has 38 heavy (non-hydrogen) atoms. The first-order chi connectivity index (χ1) is 17.7. The monoisotopic (exact) mass is 518 g/mol. The van der Waals surface area contributed by atoms with Crippen molar-refractivity contribution in [2.75, 3.05) is 40.3 Å². The van der Waals surface area contributed by atoms with Crippen LogP contribution >= 0.6 is 0 Å². The van der Waals surface area contributed by atoms with E-state index in [1.807, 2.05) is 0 Å². The molecule has 2 heterocycles. The van der Waals surface area contributed by atoms with Crippen molar-refractivity contribution < 1.29 is 8.97 Å². The van der Waals surface area contributed by atoms with Crippen molar-refractivity contribution in [2.24, 2.45) is 22.7 Å². The van der Waals surface area contributed by atoms with Gasteiger partial charge in [-0.25, -0.2) is 0 Å². The number of rotatable bonds is 7. The minimum absolute atomic E-state index is 0.356. The van der Waals surface area contributed by atoms with E-state index in [9.17, 15) is 0 Å². The zero-order chi connectivity index (χ0) is 27.6. The summed E-state index contributed by atoms with van der Waals surface area (Å²) < 4.78 is 2.45. The van der Waals surface area contributed by atoms with E-state index in [0.717, 1.165) is 24.7 Å². The molecule has 2 aliphatic rings. The molecule has 0 spiro atoms. The highest BCUT2D eigenvalue weighted by atomic mass is 15.3. The van der Waals surface area contributed by atoms with Crippen LogP contribution in [0.25, 0.3) is 0 Å². The molecule has 2 fully saturated rings. The van der Waals surface area contributed by atoms with E-state index in [4.69, 9.17) is 0 Å². The predicted octanol–water partition coefficient (Wildman–Crippen LogP) is 8.28. The normalized spacial score (nSPS) is 28.8. The Labute approximate surface area is 235 Å². The second-order valence-electron chi connectivity index (χ2n) is 16.2. The van der Waals surface area contributed by atoms with E-state index in [1.54, 1.807) is 0 Å². The van der Waals surface area contributed by atoms with Gasteiger partial charge in [0.1, 0.15) is 13.1 Å². The number of hydrogen-bond acceptors (Lipinski definition) is 0. The Morgan fingerprint density at radius 3 is 1.03 bits per heavy atom. The molecule has 0 amide bonds. The quantitative estimate of drug-likeness (QED) is 0.324. The minimum atomic E-state index is 0.356. The summed E-state index contributed by atoms with van der Waals surface area (Å²) in [5.74, 6) is 1.89. The molecule has 2 aromatic carbocycles. The Hall–Kier alpha value is -1.64. The van der Waals surface area contributed by atoms with Gasteiger partial charge in [0, 0.05) is 11.1 Å². The van der Waals surface area contributed by atoms with Crippen LogP contribution in [0.15, 0.2) is 48.5 Å². The molecule has 0 bridgehead atoms. The summed E-state index contributed by atoms with van der Waals surface area (Å²) in [6.07, 6.45) is 7.99. The fourth-order valence-electron chi connectivity index (χ4n) is 7.31. The Morgan fingerprint density at radius 2 is 0.763 bits per heavy atom. The van der Waals surface area contributed by atoms with Gasteiger partial charge in [0.15, 0.2) is 0 Å². The molecule has 2 aliphatic heterocycles. The van der Waals surface area contributed by atoms with E-state index in [1.165, 1.54) is 96.2 Å². The van der Waals surface area contributed by atoms with Crippen molar-refractivity contribution >= 4 is 0 Å². The average Bonchev–Trinajstić information content (AvgIpc) is 2.81. The van der Waals surface area contributed by atoms with Gasteiger partial charge in [0.2, 0.25) is 0 Å². The van der Waals surface area contributed by atoms with E-state index >= 15 is 0 Å². The second kappa shape index (κ2) is 11.5. The van der Waals surface area contributed by atoms with Crippen LogP contribution in [0.1, 0.15) is 89.5 Å². The Kier molecular flexibility index (Phi) is 8.85. The third-order valence-corrected chi connectivity index (χ3v) is 9.47.